The number of rotatable bonds is 2. The van der Waals surface area contributed by atoms with Gasteiger partial charge in [-0.05, 0) is 13.0 Å². The second-order valence-electron chi connectivity index (χ2n) is 2.36. The lowest BCUT2D eigenvalue weighted by molar-refractivity contribution is 0.111. The van der Waals surface area contributed by atoms with Crippen molar-refractivity contribution < 1.29 is 9.52 Å². The van der Waals surface area contributed by atoms with Crippen LogP contribution in [0.3, 0.4) is 0 Å². The highest BCUT2D eigenvalue weighted by molar-refractivity contribution is 5.20. The Morgan fingerprint density at radius 2 is 2.50 bits per heavy atom. The first-order valence-corrected chi connectivity index (χ1v) is 3.05. The van der Waals surface area contributed by atoms with E-state index in [0.29, 0.717) is 0 Å². The summed E-state index contributed by atoms with van der Waals surface area (Å²) in [5.41, 5.74) is -0.241. The van der Waals surface area contributed by atoms with Gasteiger partial charge in [0.1, 0.15) is 5.60 Å². The van der Waals surface area contributed by atoms with E-state index in [-0.39, 0.29) is 0 Å². The van der Waals surface area contributed by atoms with Crippen molar-refractivity contribution in [2.75, 3.05) is 0 Å². The van der Waals surface area contributed by atoms with Crippen LogP contribution < -0.4 is 0 Å². The molecule has 1 aromatic heterocycles. The number of furan rings is 1. The molecule has 1 unspecified atom stereocenters. The lowest BCUT2D eigenvalue weighted by Crippen LogP contribution is -2.15. The summed E-state index contributed by atoms with van der Waals surface area (Å²) in [6.45, 7) is 5.15. The zero-order valence-corrected chi connectivity index (χ0v) is 5.87. The molecule has 2 nitrogen and oxygen atoms in total. The maximum absolute atomic E-state index is 9.51. The Labute approximate surface area is 59.8 Å². The molecule has 2 heteroatoms. The van der Waals surface area contributed by atoms with Crippen LogP contribution in [0.5, 0.6) is 0 Å². The van der Waals surface area contributed by atoms with Gasteiger partial charge in [-0.2, -0.15) is 0 Å². The Hall–Kier alpha value is -1.02. The van der Waals surface area contributed by atoms with E-state index in [2.05, 4.69) is 6.58 Å². The van der Waals surface area contributed by atoms with Crippen LogP contribution in [-0.4, -0.2) is 5.11 Å². The zero-order valence-electron chi connectivity index (χ0n) is 5.87. The van der Waals surface area contributed by atoms with Gasteiger partial charge < -0.3 is 9.52 Å². The molecule has 1 aromatic rings. The van der Waals surface area contributed by atoms with Gasteiger partial charge in [-0.3, -0.25) is 0 Å². The standard InChI is InChI=1S/C8H10O2/c1-3-8(2,9)7-4-5-10-6-7/h3-6,9H,1H2,2H3. The molecule has 10 heavy (non-hydrogen) atoms. The molecule has 1 heterocycles. The molecular weight excluding hydrogens is 128 g/mol. The highest BCUT2D eigenvalue weighted by atomic mass is 16.3. The van der Waals surface area contributed by atoms with Crippen LogP contribution in [0.1, 0.15) is 12.5 Å². The smallest absolute Gasteiger partial charge is 0.108 e. The van der Waals surface area contributed by atoms with Gasteiger partial charge in [-0.15, -0.1) is 0 Å². The summed E-state index contributed by atoms with van der Waals surface area (Å²) in [6, 6.07) is 1.71. The number of aliphatic hydroxyl groups is 1. The fraction of sp³-hybridized carbons (Fsp3) is 0.250. The van der Waals surface area contributed by atoms with Gasteiger partial charge in [0.2, 0.25) is 0 Å². The quantitative estimate of drug-likeness (QED) is 0.630. The van der Waals surface area contributed by atoms with E-state index in [0.717, 1.165) is 5.56 Å². The normalized spacial score (nSPS) is 16.2. The predicted molar refractivity (Wildman–Crippen MR) is 38.5 cm³/mol. The molecule has 54 valence electrons. The summed E-state index contributed by atoms with van der Waals surface area (Å²) >= 11 is 0. The summed E-state index contributed by atoms with van der Waals surface area (Å²) in [7, 11) is 0. The molecule has 1 N–H and O–H groups in total. The molecular formula is C8H10O2. The van der Waals surface area contributed by atoms with Crippen molar-refractivity contribution >= 4 is 0 Å². The molecule has 0 saturated carbocycles. The van der Waals surface area contributed by atoms with E-state index >= 15 is 0 Å². The minimum atomic E-state index is -0.965. The first-order valence-electron chi connectivity index (χ1n) is 3.05. The van der Waals surface area contributed by atoms with E-state index in [9.17, 15) is 5.11 Å². The monoisotopic (exact) mass is 138 g/mol. The molecule has 0 spiro atoms. The van der Waals surface area contributed by atoms with E-state index in [4.69, 9.17) is 4.42 Å². The Morgan fingerprint density at radius 3 is 2.90 bits per heavy atom. The first-order chi connectivity index (χ1) is 4.67. The SMILES string of the molecule is C=CC(C)(O)c1ccoc1. The van der Waals surface area contributed by atoms with Crippen molar-refractivity contribution in [2.24, 2.45) is 0 Å². The first kappa shape index (κ1) is 7.09. The molecule has 0 fully saturated rings. The molecule has 0 aliphatic heterocycles. The maximum atomic E-state index is 9.51. The highest BCUT2D eigenvalue weighted by Gasteiger charge is 2.18. The summed E-state index contributed by atoms with van der Waals surface area (Å²) < 4.78 is 4.79. The van der Waals surface area contributed by atoms with Crippen LogP contribution in [-0.2, 0) is 5.60 Å². The fourth-order valence-electron chi connectivity index (χ4n) is 0.670. The predicted octanol–water partition coefficient (Wildman–Crippen LogP) is 1.67. The summed E-state index contributed by atoms with van der Waals surface area (Å²) in [5.74, 6) is 0. The van der Waals surface area contributed by atoms with Crippen LogP contribution in [0.4, 0.5) is 0 Å². The lowest BCUT2D eigenvalue weighted by Gasteiger charge is -2.14. The summed E-state index contributed by atoms with van der Waals surface area (Å²) in [5, 5.41) is 9.51. The van der Waals surface area contributed by atoms with Crippen molar-refractivity contribution in [1.82, 2.24) is 0 Å². The molecule has 0 aliphatic carbocycles. The number of hydrogen-bond donors (Lipinski definition) is 1. The van der Waals surface area contributed by atoms with Crippen LogP contribution in [0.15, 0.2) is 35.7 Å². The molecule has 0 aromatic carbocycles. The topological polar surface area (TPSA) is 33.4 Å². The van der Waals surface area contributed by atoms with E-state index < -0.39 is 5.60 Å². The second kappa shape index (κ2) is 2.31. The third-order valence-corrected chi connectivity index (χ3v) is 1.50. The van der Waals surface area contributed by atoms with Crippen molar-refractivity contribution in [3.63, 3.8) is 0 Å². The average molecular weight is 138 g/mol. The van der Waals surface area contributed by atoms with Crippen LogP contribution >= 0.6 is 0 Å². The molecule has 0 saturated heterocycles. The largest absolute Gasteiger partial charge is 0.472 e. The molecule has 1 rings (SSSR count). The van der Waals surface area contributed by atoms with Gasteiger partial charge in [0.25, 0.3) is 0 Å². The average Bonchev–Trinajstić information content (AvgIpc) is 2.38. The van der Waals surface area contributed by atoms with Crippen molar-refractivity contribution in [1.29, 1.82) is 0 Å². The third-order valence-electron chi connectivity index (χ3n) is 1.50. The summed E-state index contributed by atoms with van der Waals surface area (Å²) in [6.07, 6.45) is 4.49. The van der Waals surface area contributed by atoms with Gasteiger partial charge in [0.15, 0.2) is 0 Å². The van der Waals surface area contributed by atoms with Gasteiger partial charge in [-0.25, -0.2) is 0 Å². The van der Waals surface area contributed by atoms with Gasteiger partial charge >= 0.3 is 0 Å². The Bertz CT molecular complexity index is 209. The maximum Gasteiger partial charge on any atom is 0.108 e. The van der Waals surface area contributed by atoms with E-state index in [1.807, 2.05) is 0 Å². The van der Waals surface area contributed by atoms with Crippen LogP contribution in [0.25, 0.3) is 0 Å². The van der Waals surface area contributed by atoms with E-state index in [1.54, 1.807) is 13.0 Å². The minimum absolute atomic E-state index is 0.725. The van der Waals surface area contributed by atoms with Crippen molar-refractivity contribution in [3.8, 4) is 0 Å². The number of hydrogen-bond acceptors (Lipinski definition) is 2. The molecule has 1 atom stereocenters. The Kier molecular flexibility index (Phi) is 1.64. The Balaban J connectivity index is 2.95. The highest BCUT2D eigenvalue weighted by Crippen LogP contribution is 2.20. The molecule has 0 amide bonds. The molecule has 0 radical (unpaired) electrons. The van der Waals surface area contributed by atoms with Crippen LogP contribution in [0, 0.1) is 0 Å². The fourth-order valence-corrected chi connectivity index (χ4v) is 0.670. The third kappa shape index (κ3) is 1.11. The Morgan fingerprint density at radius 1 is 1.80 bits per heavy atom. The lowest BCUT2D eigenvalue weighted by atomic mass is 10.00. The zero-order chi connectivity index (χ0) is 7.61. The minimum Gasteiger partial charge on any atom is -0.472 e. The van der Waals surface area contributed by atoms with Gasteiger partial charge in [-0.1, -0.05) is 12.7 Å². The molecule has 0 bridgehead atoms. The van der Waals surface area contributed by atoms with Gasteiger partial charge in [0.05, 0.1) is 12.5 Å². The summed E-state index contributed by atoms with van der Waals surface area (Å²) in [4.78, 5) is 0. The second-order valence-corrected chi connectivity index (χ2v) is 2.36. The van der Waals surface area contributed by atoms with Crippen molar-refractivity contribution in [3.05, 3.63) is 36.8 Å². The van der Waals surface area contributed by atoms with Crippen LogP contribution in [0.2, 0.25) is 0 Å². The molecule has 0 aliphatic rings. The van der Waals surface area contributed by atoms with E-state index in [1.165, 1.54) is 18.6 Å². The van der Waals surface area contributed by atoms with Crippen molar-refractivity contribution in [2.45, 2.75) is 12.5 Å². The van der Waals surface area contributed by atoms with Gasteiger partial charge in [0, 0.05) is 5.56 Å².